The molecule has 0 spiro atoms. The van der Waals surface area contributed by atoms with Crippen LogP contribution in [0.3, 0.4) is 0 Å². The first-order valence-electron chi connectivity index (χ1n) is 5.38. The van der Waals surface area contributed by atoms with Gasteiger partial charge >= 0.3 is 0 Å². The van der Waals surface area contributed by atoms with E-state index in [1.165, 1.54) is 5.56 Å². The number of aromatic nitrogens is 2. The molecule has 1 aromatic carbocycles. The molecular formula is C13H14BrN3. The molecule has 1 aromatic heterocycles. The average Bonchev–Trinajstić information content (AvgIpc) is 2.27. The summed E-state index contributed by atoms with van der Waals surface area (Å²) in [6.07, 6.45) is 0. The summed E-state index contributed by atoms with van der Waals surface area (Å²) in [5.74, 6) is 1.65. The SMILES string of the molecule is Cc1nc(Br)cc(N(C)c2ccccc2C)n1. The fourth-order valence-corrected chi connectivity index (χ4v) is 2.21. The van der Waals surface area contributed by atoms with Crippen LogP contribution in [0.1, 0.15) is 11.4 Å². The molecule has 4 heteroatoms. The molecule has 3 nitrogen and oxygen atoms in total. The fourth-order valence-electron chi connectivity index (χ4n) is 1.75. The Morgan fingerprint density at radius 1 is 1.12 bits per heavy atom. The molecule has 0 atom stereocenters. The number of aryl methyl sites for hydroxylation is 2. The molecule has 88 valence electrons. The van der Waals surface area contributed by atoms with Crippen LogP contribution in [0.5, 0.6) is 0 Å². The normalized spacial score (nSPS) is 10.4. The summed E-state index contributed by atoms with van der Waals surface area (Å²) in [5.41, 5.74) is 2.37. The number of anilines is 2. The molecular weight excluding hydrogens is 278 g/mol. The average molecular weight is 292 g/mol. The fraction of sp³-hybridized carbons (Fsp3) is 0.231. The predicted molar refractivity (Wildman–Crippen MR) is 73.7 cm³/mol. The van der Waals surface area contributed by atoms with Crippen molar-refractivity contribution in [2.45, 2.75) is 13.8 Å². The summed E-state index contributed by atoms with van der Waals surface area (Å²) in [5, 5.41) is 0. The van der Waals surface area contributed by atoms with Gasteiger partial charge in [0, 0.05) is 18.8 Å². The Morgan fingerprint density at radius 3 is 2.47 bits per heavy atom. The lowest BCUT2D eigenvalue weighted by molar-refractivity contribution is 0.995. The smallest absolute Gasteiger partial charge is 0.137 e. The monoisotopic (exact) mass is 291 g/mol. The molecule has 2 aromatic rings. The van der Waals surface area contributed by atoms with Crippen molar-refractivity contribution in [2.24, 2.45) is 0 Å². The van der Waals surface area contributed by atoms with E-state index in [1.807, 2.05) is 32.2 Å². The van der Waals surface area contributed by atoms with E-state index < -0.39 is 0 Å². The van der Waals surface area contributed by atoms with Crippen molar-refractivity contribution in [2.75, 3.05) is 11.9 Å². The molecule has 0 aliphatic rings. The van der Waals surface area contributed by atoms with Crippen molar-refractivity contribution in [1.29, 1.82) is 0 Å². The van der Waals surface area contributed by atoms with Gasteiger partial charge in [-0.2, -0.15) is 0 Å². The van der Waals surface area contributed by atoms with Gasteiger partial charge in [0.15, 0.2) is 0 Å². The van der Waals surface area contributed by atoms with Crippen LogP contribution < -0.4 is 4.90 Å². The van der Waals surface area contributed by atoms with Gasteiger partial charge in [-0.05, 0) is 41.4 Å². The maximum Gasteiger partial charge on any atom is 0.137 e. The summed E-state index contributed by atoms with van der Waals surface area (Å²) in [7, 11) is 2.01. The standard InChI is InChI=1S/C13H14BrN3/c1-9-6-4-5-7-11(9)17(3)13-8-12(14)15-10(2)16-13/h4-8H,1-3H3. The highest BCUT2D eigenvalue weighted by atomic mass is 79.9. The Labute approximate surface area is 110 Å². The van der Waals surface area contributed by atoms with E-state index in [0.29, 0.717) is 0 Å². The van der Waals surface area contributed by atoms with Crippen LogP contribution in [0.2, 0.25) is 0 Å². The molecule has 0 unspecified atom stereocenters. The van der Waals surface area contributed by atoms with Crippen LogP contribution >= 0.6 is 15.9 Å². The van der Waals surface area contributed by atoms with E-state index >= 15 is 0 Å². The first-order valence-corrected chi connectivity index (χ1v) is 6.18. The largest absolute Gasteiger partial charge is 0.329 e. The lowest BCUT2D eigenvalue weighted by Gasteiger charge is -2.20. The molecule has 2 rings (SSSR count). The maximum atomic E-state index is 4.44. The molecule has 0 N–H and O–H groups in total. The number of hydrogen-bond donors (Lipinski definition) is 0. The third-order valence-corrected chi connectivity index (χ3v) is 3.02. The molecule has 1 heterocycles. The molecule has 0 saturated heterocycles. The summed E-state index contributed by atoms with van der Waals surface area (Å²) < 4.78 is 0.806. The van der Waals surface area contributed by atoms with Crippen molar-refractivity contribution < 1.29 is 0 Å². The molecule has 0 radical (unpaired) electrons. The molecule has 0 aliphatic heterocycles. The van der Waals surface area contributed by atoms with Crippen LogP contribution in [0.15, 0.2) is 34.9 Å². The maximum absolute atomic E-state index is 4.44. The lowest BCUT2D eigenvalue weighted by Crippen LogP contribution is -2.13. The third-order valence-electron chi connectivity index (χ3n) is 2.61. The van der Waals surface area contributed by atoms with Gasteiger partial charge in [0.2, 0.25) is 0 Å². The van der Waals surface area contributed by atoms with Gasteiger partial charge in [0.25, 0.3) is 0 Å². The topological polar surface area (TPSA) is 29.0 Å². The Morgan fingerprint density at radius 2 is 1.82 bits per heavy atom. The van der Waals surface area contributed by atoms with Gasteiger partial charge < -0.3 is 4.90 Å². The number of hydrogen-bond acceptors (Lipinski definition) is 3. The predicted octanol–water partition coefficient (Wildman–Crippen LogP) is 3.62. The van der Waals surface area contributed by atoms with E-state index in [9.17, 15) is 0 Å². The van der Waals surface area contributed by atoms with Crippen LogP contribution in [0.25, 0.3) is 0 Å². The Balaban J connectivity index is 2.43. The summed E-state index contributed by atoms with van der Waals surface area (Å²) in [4.78, 5) is 10.7. The van der Waals surface area contributed by atoms with Crippen molar-refractivity contribution >= 4 is 27.4 Å². The van der Waals surface area contributed by atoms with E-state index in [-0.39, 0.29) is 0 Å². The van der Waals surface area contributed by atoms with E-state index in [1.54, 1.807) is 0 Å². The first kappa shape index (κ1) is 12.0. The molecule has 17 heavy (non-hydrogen) atoms. The molecule has 0 bridgehead atoms. The zero-order valence-corrected chi connectivity index (χ0v) is 11.7. The minimum absolute atomic E-state index is 0.759. The van der Waals surface area contributed by atoms with Gasteiger partial charge in [-0.1, -0.05) is 18.2 Å². The number of nitrogens with zero attached hydrogens (tertiary/aromatic N) is 3. The Kier molecular flexibility index (Phi) is 3.43. The van der Waals surface area contributed by atoms with Crippen LogP contribution in [0, 0.1) is 13.8 Å². The molecule has 0 aliphatic carbocycles. The van der Waals surface area contributed by atoms with Gasteiger partial charge in [0.05, 0.1) is 0 Å². The molecule has 0 fully saturated rings. The number of benzene rings is 1. The highest BCUT2D eigenvalue weighted by Gasteiger charge is 2.09. The molecule has 0 amide bonds. The van der Waals surface area contributed by atoms with Crippen molar-refractivity contribution in [3.8, 4) is 0 Å². The van der Waals surface area contributed by atoms with E-state index in [2.05, 4.69) is 49.9 Å². The zero-order chi connectivity index (χ0) is 12.4. The number of halogens is 1. The zero-order valence-electron chi connectivity index (χ0n) is 10.1. The quantitative estimate of drug-likeness (QED) is 0.792. The third kappa shape index (κ3) is 2.64. The molecule has 0 saturated carbocycles. The van der Waals surface area contributed by atoms with Gasteiger partial charge in [-0.25, -0.2) is 9.97 Å². The number of rotatable bonds is 2. The van der Waals surface area contributed by atoms with E-state index in [4.69, 9.17) is 0 Å². The van der Waals surface area contributed by atoms with Crippen LogP contribution in [-0.2, 0) is 0 Å². The van der Waals surface area contributed by atoms with Crippen LogP contribution in [0.4, 0.5) is 11.5 Å². The second kappa shape index (κ2) is 4.84. The van der Waals surface area contributed by atoms with Gasteiger partial charge in [-0.15, -0.1) is 0 Å². The first-order chi connectivity index (χ1) is 8.08. The second-order valence-corrected chi connectivity index (χ2v) is 4.75. The Bertz CT molecular complexity index is 520. The van der Waals surface area contributed by atoms with Crippen molar-refractivity contribution in [3.63, 3.8) is 0 Å². The van der Waals surface area contributed by atoms with Gasteiger partial charge in [-0.3, -0.25) is 0 Å². The minimum Gasteiger partial charge on any atom is -0.329 e. The number of para-hydroxylation sites is 1. The Hall–Kier alpha value is -1.42. The minimum atomic E-state index is 0.759. The van der Waals surface area contributed by atoms with Crippen LogP contribution in [-0.4, -0.2) is 17.0 Å². The summed E-state index contributed by atoms with van der Waals surface area (Å²) in [6, 6.07) is 10.2. The lowest BCUT2D eigenvalue weighted by atomic mass is 10.2. The van der Waals surface area contributed by atoms with E-state index in [0.717, 1.165) is 21.9 Å². The highest BCUT2D eigenvalue weighted by molar-refractivity contribution is 9.10. The highest BCUT2D eigenvalue weighted by Crippen LogP contribution is 2.26. The second-order valence-electron chi connectivity index (χ2n) is 3.94. The summed E-state index contributed by atoms with van der Waals surface area (Å²) >= 11 is 3.39. The van der Waals surface area contributed by atoms with Crippen molar-refractivity contribution in [3.05, 3.63) is 46.3 Å². The van der Waals surface area contributed by atoms with Crippen molar-refractivity contribution in [1.82, 2.24) is 9.97 Å². The van der Waals surface area contributed by atoms with Gasteiger partial charge in [0.1, 0.15) is 16.2 Å². The summed E-state index contributed by atoms with van der Waals surface area (Å²) in [6.45, 7) is 3.98.